The first kappa shape index (κ1) is 15.7. The van der Waals surface area contributed by atoms with Gasteiger partial charge in [-0.05, 0) is 48.7 Å². The Morgan fingerprint density at radius 3 is 2.36 bits per heavy atom. The lowest BCUT2D eigenvalue weighted by Gasteiger charge is -2.09. The zero-order valence-electron chi connectivity index (χ0n) is 12.4. The van der Waals surface area contributed by atoms with E-state index >= 15 is 0 Å². The Labute approximate surface area is 128 Å². The SMILES string of the molecule is Cc1ccc(C)c(NC(=O)C(=O)NCc2ccc(F)cc2)c1. The molecule has 0 fully saturated rings. The van der Waals surface area contributed by atoms with Crippen molar-refractivity contribution in [3.05, 3.63) is 65.0 Å². The fourth-order valence-corrected chi connectivity index (χ4v) is 1.91. The van der Waals surface area contributed by atoms with Crippen LogP contribution in [0.15, 0.2) is 42.5 Å². The third-order valence-electron chi connectivity index (χ3n) is 3.21. The highest BCUT2D eigenvalue weighted by Crippen LogP contribution is 2.16. The van der Waals surface area contributed by atoms with E-state index in [1.165, 1.54) is 12.1 Å². The summed E-state index contributed by atoms with van der Waals surface area (Å²) in [5.74, 6) is -1.80. The van der Waals surface area contributed by atoms with E-state index in [1.54, 1.807) is 18.2 Å². The number of amides is 2. The minimum Gasteiger partial charge on any atom is -0.344 e. The highest BCUT2D eigenvalue weighted by Gasteiger charge is 2.14. The minimum absolute atomic E-state index is 0.166. The normalized spacial score (nSPS) is 10.1. The van der Waals surface area contributed by atoms with Crippen LogP contribution in [0.2, 0.25) is 0 Å². The van der Waals surface area contributed by atoms with Crippen LogP contribution in [0.4, 0.5) is 10.1 Å². The van der Waals surface area contributed by atoms with E-state index in [2.05, 4.69) is 10.6 Å². The van der Waals surface area contributed by atoms with Crippen molar-refractivity contribution in [2.45, 2.75) is 20.4 Å². The number of halogens is 1. The summed E-state index contributed by atoms with van der Waals surface area (Å²) in [4.78, 5) is 23.7. The topological polar surface area (TPSA) is 58.2 Å². The standard InChI is InChI=1S/C17H17FN2O2/c1-11-3-4-12(2)15(9-11)20-17(22)16(21)19-10-13-5-7-14(18)8-6-13/h3-9H,10H2,1-2H3,(H,19,21)(H,20,22). The molecule has 2 aromatic carbocycles. The number of hydrogen-bond donors (Lipinski definition) is 2. The molecule has 0 saturated heterocycles. The quantitative estimate of drug-likeness (QED) is 0.856. The van der Waals surface area contributed by atoms with Crippen molar-refractivity contribution < 1.29 is 14.0 Å². The number of rotatable bonds is 3. The first-order valence-corrected chi connectivity index (χ1v) is 6.86. The van der Waals surface area contributed by atoms with Gasteiger partial charge >= 0.3 is 11.8 Å². The number of benzene rings is 2. The number of hydrogen-bond acceptors (Lipinski definition) is 2. The number of carbonyl (C=O) groups excluding carboxylic acids is 2. The molecule has 2 amide bonds. The minimum atomic E-state index is -0.731. The zero-order valence-corrected chi connectivity index (χ0v) is 12.4. The molecule has 0 heterocycles. The second-order valence-electron chi connectivity index (χ2n) is 5.08. The van der Waals surface area contributed by atoms with Crippen LogP contribution in [0.25, 0.3) is 0 Å². The van der Waals surface area contributed by atoms with E-state index in [-0.39, 0.29) is 12.4 Å². The van der Waals surface area contributed by atoms with E-state index in [0.717, 1.165) is 11.1 Å². The fraction of sp³-hybridized carbons (Fsp3) is 0.176. The molecule has 0 bridgehead atoms. The lowest BCUT2D eigenvalue weighted by atomic mass is 10.1. The Balaban J connectivity index is 1.93. The van der Waals surface area contributed by atoms with E-state index in [0.29, 0.717) is 11.3 Å². The van der Waals surface area contributed by atoms with Crippen LogP contribution >= 0.6 is 0 Å². The predicted octanol–water partition coefficient (Wildman–Crippen LogP) is 2.70. The predicted molar refractivity (Wildman–Crippen MR) is 82.8 cm³/mol. The van der Waals surface area contributed by atoms with Gasteiger partial charge < -0.3 is 10.6 Å². The maximum absolute atomic E-state index is 12.8. The largest absolute Gasteiger partial charge is 0.344 e. The Bertz CT molecular complexity index is 696. The van der Waals surface area contributed by atoms with Gasteiger partial charge in [0.25, 0.3) is 0 Å². The fourth-order valence-electron chi connectivity index (χ4n) is 1.91. The summed E-state index contributed by atoms with van der Waals surface area (Å²) in [5.41, 5.74) is 3.20. The maximum atomic E-state index is 12.8. The van der Waals surface area contributed by atoms with E-state index in [9.17, 15) is 14.0 Å². The summed E-state index contributed by atoms with van der Waals surface area (Å²) in [7, 11) is 0. The number of nitrogens with one attached hydrogen (secondary N) is 2. The Kier molecular flexibility index (Phi) is 4.88. The van der Waals surface area contributed by atoms with Gasteiger partial charge in [0.05, 0.1) is 0 Å². The first-order valence-electron chi connectivity index (χ1n) is 6.86. The summed E-state index contributed by atoms with van der Waals surface area (Å²) < 4.78 is 12.8. The summed E-state index contributed by atoms with van der Waals surface area (Å²) in [5, 5.41) is 5.08. The van der Waals surface area contributed by atoms with Crippen molar-refractivity contribution in [2.75, 3.05) is 5.32 Å². The molecule has 2 N–H and O–H groups in total. The molecule has 5 heteroatoms. The average molecular weight is 300 g/mol. The first-order chi connectivity index (χ1) is 10.5. The van der Waals surface area contributed by atoms with Gasteiger partial charge in [0, 0.05) is 12.2 Å². The molecule has 4 nitrogen and oxygen atoms in total. The van der Waals surface area contributed by atoms with Crippen molar-refractivity contribution in [3.8, 4) is 0 Å². The van der Waals surface area contributed by atoms with Crippen molar-refractivity contribution >= 4 is 17.5 Å². The van der Waals surface area contributed by atoms with Crippen molar-refractivity contribution in [1.82, 2.24) is 5.32 Å². The second kappa shape index (κ2) is 6.85. The molecule has 22 heavy (non-hydrogen) atoms. The number of anilines is 1. The van der Waals surface area contributed by atoms with Gasteiger partial charge in [-0.1, -0.05) is 24.3 Å². The Hall–Kier alpha value is -2.69. The van der Waals surface area contributed by atoms with Gasteiger partial charge in [0.15, 0.2) is 0 Å². The van der Waals surface area contributed by atoms with Crippen molar-refractivity contribution in [2.24, 2.45) is 0 Å². The summed E-state index contributed by atoms with van der Waals surface area (Å²) >= 11 is 0. The number of carbonyl (C=O) groups is 2. The molecular formula is C17H17FN2O2. The zero-order chi connectivity index (χ0) is 16.1. The van der Waals surface area contributed by atoms with E-state index in [1.807, 2.05) is 26.0 Å². The molecule has 2 aromatic rings. The lowest BCUT2D eigenvalue weighted by Crippen LogP contribution is -2.35. The van der Waals surface area contributed by atoms with Crippen LogP contribution in [-0.4, -0.2) is 11.8 Å². The smallest absolute Gasteiger partial charge is 0.313 e. The van der Waals surface area contributed by atoms with Gasteiger partial charge in [-0.25, -0.2) is 4.39 Å². The van der Waals surface area contributed by atoms with Crippen LogP contribution in [0.1, 0.15) is 16.7 Å². The van der Waals surface area contributed by atoms with Crippen LogP contribution in [-0.2, 0) is 16.1 Å². The average Bonchev–Trinajstić information content (AvgIpc) is 2.50. The van der Waals surface area contributed by atoms with Gasteiger partial charge in [0.1, 0.15) is 5.82 Å². The Morgan fingerprint density at radius 1 is 1.00 bits per heavy atom. The maximum Gasteiger partial charge on any atom is 0.313 e. The van der Waals surface area contributed by atoms with Gasteiger partial charge in [-0.15, -0.1) is 0 Å². The van der Waals surface area contributed by atoms with E-state index in [4.69, 9.17) is 0 Å². The Morgan fingerprint density at radius 2 is 1.68 bits per heavy atom. The summed E-state index contributed by atoms with van der Waals surface area (Å²) in [6.45, 7) is 3.93. The molecule has 0 atom stereocenters. The van der Waals surface area contributed by atoms with Crippen LogP contribution < -0.4 is 10.6 Å². The molecule has 0 unspecified atom stereocenters. The van der Waals surface area contributed by atoms with Crippen LogP contribution in [0, 0.1) is 19.7 Å². The highest BCUT2D eigenvalue weighted by molar-refractivity contribution is 6.39. The van der Waals surface area contributed by atoms with Crippen molar-refractivity contribution in [1.29, 1.82) is 0 Å². The molecule has 0 aromatic heterocycles. The summed E-state index contributed by atoms with van der Waals surface area (Å²) in [6.07, 6.45) is 0. The molecule has 0 aliphatic rings. The van der Waals surface area contributed by atoms with Crippen LogP contribution in [0.5, 0.6) is 0 Å². The summed E-state index contributed by atoms with van der Waals surface area (Å²) in [6, 6.07) is 11.3. The van der Waals surface area contributed by atoms with Crippen LogP contribution in [0.3, 0.4) is 0 Å². The van der Waals surface area contributed by atoms with Crippen molar-refractivity contribution in [3.63, 3.8) is 0 Å². The van der Waals surface area contributed by atoms with E-state index < -0.39 is 11.8 Å². The third-order valence-corrected chi connectivity index (χ3v) is 3.21. The third kappa shape index (κ3) is 4.15. The monoisotopic (exact) mass is 300 g/mol. The molecule has 0 saturated carbocycles. The molecule has 0 radical (unpaired) electrons. The molecule has 2 rings (SSSR count). The van der Waals surface area contributed by atoms with Gasteiger partial charge in [-0.3, -0.25) is 9.59 Å². The molecule has 0 aliphatic heterocycles. The second-order valence-corrected chi connectivity index (χ2v) is 5.08. The molecule has 0 aliphatic carbocycles. The number of aryl methyl sites for hydroxylation is 2. The molecule has 114 valence electrons. The lowest BCUT2D eigenvalue weighted by molar-refractivity contribution is -0.136. The molecular weight excluding hydrogens is 283 g/mol. The highest BCUT2D eigenvalue weighted by atomic mass is 19.1. The molecule has 0 spiro atoms. The van der Waals surface area contributed by atoms with Gasteiger partial charge in [-0.2, -0.15) is 0 Å². The van der Waals surface area contributed by atoms with Gasteiger partial charge in [0.2, 0.25) is 0 Å².